The van der Waals surface area contributed by atoms with Gasteiger partial charge in [0, 0.05) is 12.2 Å². The normalized spacial score (nSPS) is 25.9. The highest BCUT2D eigenvalue weighted by molar-refractivity contribution is 6.37. The van der Waals surface area contributed by atoms with E-state index < -0.39 is 47.6 Å². The van der Waals surface area contributed by atoms with E-state index in [-0.39, 0.29) is 33.2 Å². The minimum absolute atomic E-state index is 0.102. The predicted molar refractivity (Wildman–Crippen MR) is 99.9 cm³/mol. The number of hydrogen-bond donors (Lipinski definition) is 6. The molecule has 0 aliphatic carbocycles. The van der Waals surface area contributed by atoms with E-state index in [1.807, 2.05) is 0 Å². The molecule has 2 aliphatic heterocycles. The van der Waals surface area contributed by atoms with Crippen molar-refractivity contribution in [1.29, 1.82) is 0 Å². The molecule has 2 rings (SSSR count). The molecule has 0 radical (unpaired) electrons. The number of rotatable bonds is 9. The topological polar surface area (TPSA) is 199 Å². The molecule has 6 N–H and O–H groups in total. The molecule has 0 saturated heterocycles. The van der Waals surface area contributed by atoms with Crippen molar-refractivity contribution < 1.29 is 59.4 Å². The van der Waals surface area contributed by atoms with E-state index in [2.05, 4.69) is 0 Å². The molecule has 178 valence electrons. The van der Waals surface area contributed by atoms with E-state index in [4.69, 9.17) is 18.9 Å². The molecule has 0 spiro atoms. The molecule has 32 heavy (non-hydrogen) atoms. The van der Waals surface area contributed by atoms with Crippen molar-refractivity contribution in [2.45, 2.75) is 24.3 Å². The second-order valence-electron chi connectivity index (χ2n) is 6.72. The maximum atomic E-state index is 12.5. The zero-order valence-corrected chi connectivity index (χ0v) is 17.6. The summed E-state index contributed by atoms with van der Waals surface area (Å²) in [4.78, 5) is 25.0. The Balaban J connectivity index is 2.26. The Kier molecular flexibility index (Phi) is 6.94. The fourth-order valence-electron chi connectivity index (χ4n) is 3.06. The predicted octanol–water partition coefficient (Wildman–Crippen LogP) is -0.501. The second-order valence-corrected chi connectivity index (χ2v) is 6.72. The number of Topliss-reactive ketones (excluding diaryl/α,β-unsaturated/α-hetero) is 2. The van der Waals surface area contributed by atoms with Gasteiger partial charge in [0.25, 0.3) is 11.8 Å². The van der Waals surface area contributed by atoms with Crippen LogP contribution in [0.25, 0.3) is 0 Å². The molecule has 2 aliphatic rings. The van der Waals surface area contributed by atoms with Crippen LogP contribution in [0.15, 0.2) is 47.0 Å². The Hall–Kier alpha value is -3.46. The lowest BCUT2D eigenvalue weighted by Gasteiger charge is -2.37. The van der Waals surface area contributed by atoms with Gasteiger partial charge in [-0.05, 0) is 0 Å². The summed E-state index contributed by atoms with van der Waals surface area (Å²) >= 11 is 0. The Morgan fingerprint density at radius 2 is 1.06 bits per heavy atom. The van der Waals surface area contributed by atoms with Gasteiger partial charge >= 0.3 is 0 Å². The highest BCUT2D eigenvalue weighted by Crippen LogP contribution is 2.35. The minimum atomic E-state index is -2.61. The Bertz CT molecular complexity index is 849. The number of nitrogens with zero attached hydrogens (tertiary/aromatic N) is 2. The zero-order valence-electron chi connectivity index (χ0n) is 17.6. The van der Waals surface area contributed by atoms with Crippen LogP contribution in [0.4, 0.5) is 0 Å². The van der Waals surface area contributed by atoms with Crippen LogP contribution in [0.1, 0.15) is 12.8 Å². The van der Waals surface area contributed by atoms with Gasteiger partial charge < -0.3 is 39.4 Å². The van der Waals surface area contributed by atoms with E-state index in [0.29, 0.717) is 0 Å². The van der Waals surface area contributed by atoms with Gasteiger partial charge in [-0.15, -0.1) is 0 Å². The lowest BCUT2D eigenvalue weighted by atomic mass is 9.94. The summed E-state index contributed by atoms with van der Waals surface area (Å²) < 4.78 is 19.6. The third-order valence-electron chi connectivity index (χ3n) is 4.71. The molecule has 0 amide bonds. The number of aliphatic hydroxyl groups excluding tert-OH is 2. The Morgan fingerprint density at radius 1 is 0.750 bits per heavy atom. The van der Waals surface area contributed by atoms with Gasteiger partial charge in [0.05, 0.1) is 41.3 Å². The smallest absolute Gasteiger partial charge is 0.261 e. The van der Waals surface area contributed by atoms with Crippen LogP contribution in [0.2, 0.25) is 0 Å². The lowest BCUT2D eigenvalue weighted by Crippen LogP contribution is -2.52. The summed E-state index contributed by atoms with van der Waals surface area (Å²) in [6, 6.07) is 0. The molecule has 0 saturated carbocycles. The molecular weight excluding hydrogens is 436 g/mol. The molecule has 14 heteroatoms. The highest BCUT2D eigenvalue weighted by atomic mass is 16.6. The average molecular weight is 460 g/mol. The standard InChI is InChI=1S/C18H24N2O12/c1-29-11-7-17(25,19(27)15(23)13(11)31-3)5-9(21)10(22)6-18(26)8-12(30-2)14(32-4)16(24)20(18)28/h7-8,23-28H,5-6H2,1-4H3/t17-,18-/m0/s1. The number of ether oxygens (including phenoxy) is 4. The monoisotopic (exact) mass is 460 g/mol. The van der Waals surface area contributed by atoms with E-state index in [9.17, 15) is 40.4 Å². The summed E-state index contributed by atoms with van der Waals surface area (Å²) in [6.45, 7) is 0. The van der Waals surface area contributed by atoms with Crippen LogP contribution < -0.4 is 0 Å². The Labute approximate surface area is 181 Å². The van der Waals surface area contributed by atoms with E-state index in [0.717, 1.165) is 26.4 Å². The maximum Gasteiger partial charge on any atom is 0.261 e. The van der Waals surface area contributed by atoms with Crippen molar-refractivity contribution in [3.05, 3.63) is 47.0 Å². The van der Waals surface area contributed by atoms with Crippen molar-refractivity contribution in [1.82, 2.24) is 10.1 Å². The summed E-state index contributed by atoms with van der Waals surface area (Å²) in [7, 11) is 4.64. The summed E-state index contributed by atoms with van der Waals surface area (Å²) in [5.74, 6) is -5.78. The van der Waals surface area contributed by atoms with E-state index in [1.54, 1.807) is 0 Å². The SMILES string of the molecule is COC1=C[C@@](O)(CC(=O)C(=O)C[C@]2(O)C=C(OC)C(OC)=C(O)N2O)N(O)C(O)=C1OC. The zero-order chi connectivity index (χ0) is 24.4. The Morgan fingerprint density at radius 3 is 1.31 bits per heavy atom. The van der Waals surface area contributed by atoms with Gasteiger partial charge in [0.1, 0.15) is 0 Å². The summed E-state index contributed by atoms with van der Waals surface area (Å²) in [5, 5.41) is 61.2. The third kappa shape index (κ3) is 4.16. The van der Waals surface area contributed by atoms with Gasteiger partial charge in [-0.3, -0.25) is 20.0 Å². The maximum absolute atomic E-state index is 12.5. The fraction of sp³-hybridized carbons (Fsp3) is 0.444. The first-order valence-electron chi connectivity index (χ1n) is 8.87. The quantitative estimate of drug-likeness (QED) is 0.241. The molecule has 0 unspecified atom stereocenters. The first-order chi connectivity index (χ1) is 14.9. The van der Waals surface area contributed by atoms with Crippen LogP contribution in [0, 0.1) is 0 Å². The van der Waals surface area contributed by atoms with Crippen molar-refractivity contribution >= 4 is 11.6 Å². The summed E-state index contributed by atoms with van der Waals surface area (Å²) in [5.41, 5.74) is -5.23. The van der Waals surface area contributed by atoms with E-state index >= 15 is 0 Å². The summed E-state index contributed by atoms with van der Waals surface area (Å²) in [6.07, 6.45) is -0.535. The van der Waals surface area contributed by atoms with Gasteiger partial charge in [0.2, 0.25) is 23.1 Å². The molecule has 2 atom stereocenters. The first-order valence-corrected chi connectivity index (χ1v) is 8.87. The fourth-order valence-corrected chi connectivity index (χ4v) is 3.06. The number of methoxy groups -OCH3 is 4. The van der Waals surface area contributed by atoms with Gasteiger partial charge in [-0.1, -0.05) is 0 Å². The molecule has 2 heterocycles. The number of ketones is 2. The van der Waals surface area contributed by atoms with Crippen LogP contribution in [-0.2, 0) is 28.5 Å². The highest BCUT2D eigenvalue weighted by Gasteiger charge is 2.47. The number of carbonyl (C=O) groups excluding carboxylic acids is 2. The molecule has 0 aromatic heterocycles. The lowest BCUT2D eigenvalue weighted by molar-refractivity contribution is -0.245. The van der Waals surface area contributed by atoms with Crippen molar-refractivity contribution in [3.8, 4) is 0 Å². The van der Waals surface area contributed by atoms with Crippen LogP contribution in [0.3, 0.4) is 0 Å². The minimum Gasteiger partial charge on any atom is -0.493 e. The molecule has 0 bridgehead atoms. The number of aliphatic hydroxyl groups is 4. The van der Waals surface area contributed by atoms with Crippen molar-refractivity contribution in [2.24, 2.45) is 0 Å². The molecular formula is C18H24N2O12. The van der Waals surface area contributed by atoms with Crippen molar-refractivity contribution in [3.63, 3.8) is 0 Å². The molecule has 0 aromatic carbocycles. The number of carbonyl (C=O) groups is 2. The first kappa shape index (κ1) is 24.8. The third-order valence-corrected chi connectivity index (χ3v) is 4.71. The average Bonchev–Trinajstić information content (AvgIpc) is 2.75. The van der Waals surface area contributed by atoms with Gasteiger partial charge in [-0.25, -0.2) is 0 Å². The van der Waals surface area contributed by atoms with Crippen LogP contribution >= 0.6 is 0 Å². The van der Waals surface area contributed by atoms with Gasteiger partial charge in [0.15, 0.2) is 23.0 Å². The van der Waals surface area contributed by atoms with Crippen LogP contribution in [-0.4, -0.2) is 92.4 Å². The number of hydroxylamine groups is 4. The van der Waals surface area contributed by atoms with Crippen molar-refractivity contribution in [2.75, 3.05) is 28.4 Å². The molecule has 0 aromatic rings. The van der Waals surface area contributed by atoms with Crippen LogP contribution in [0.5, 0.6) is 0 Å². The molecule has 0 fully saturated rings. The van der Waals surface area contributed by atoms with E-state index in [1.165, 1.54) is 14.2 Å². The number of hydrogen-bond acceptors (Lipinski definition) is 14. The molecule has 14 nitrogen and oxygen atoms in total. The second kappa shape index (κ2) is 8.96. The van der Waals surface area contributed by atoms with Gasteiger partial charge in [-0.2, -0.15) is 10.1 Å². The largest absolute Gasteiger partial charge is 0.493 e.